The minimum Gasteiger partial charge on any atom is -0.356 e. The summed E-state index contributed by atoms with van der Waals surface area (Å²) < 4.78 is 2.24. The van der Waals surface area contributed by atoms with Crippen molar-refractivity contribution in [3.63, 3.8) is 0 Å². The fraction of sp³-hybridized carbons (Fsp3) is 0.500. The van der Waals surface area contributed by atoms with Gasteiger partial charge in [-0.2, -0.15) is 0 Å². The Labute approximate surface area is 113 Å². The molecule has 3 nitrogen and oxygen atoms in total. The van der Waals surface area contributed by atoms with Gasteiger partial charge in [0.15, 0.2) is 0 Å². The molecule has 4 heteroatoms. The summed E-state index contributed by atoms with van der Waals surface area (Å²) in [6.45, 7) is 9.45. The summed E-state index contributed by atoms with van der Waals surface area (Å²) in [7, 11) is 0. The highest BCUT2D eigenvalue weighted by Gasteiger charge is 2.12. The normalized spacial score (nSPS) is 12.7. The van der Waals surface area contributed by atoms with Gasteiger partial charge < -0.3 is 9.88 Å². The highest BCUT2D eigenvalue weighted by molar-refractivity contribution is 7.11. The van der Waals surface area contributed by atoms with Crippen LogP contribution >= 0.6 is 11.3 Å². The summed E-state index contributed by atoms with van der Waals surface area (Å²) >= 11 is 1.88. The Bertz CT molecular complexity index is 513. The third-order valence-electron chi connectivity index (χ3n) is 2.96. The summed E-state index contributed by atoms with van der Waals surface area (Å²) in [6, 6.07) is 4.85. The molecule has 0 radical (unpaired) electrons. The molecule has 0 bridgehead atoms. The van der Waals surface area contributed by atoms with Gasteiger partial charge in [-0.25, -0.2) is 4.98 Å². The van der Waals surface area contributed by atoms with Crippen LogP contribution in [0.2, 0.25) is 0 Å². The van der Waals surface area contributed by atoms with Crippen molar-refractivity contribution in [3.05, 3.63) is 33.8 Å². The zero-order chi connectivity index (χ0) is 13.1. The van der Waals surface area contributed by atoms with E-state index in [1.807, 2.05) is 18.3 Å². The zero-order valence-electron chi connectivity index (χ0n) is 11.5. The van der Waals surface area contributed by atoms with Crippen LogP contribution in [0.1, 0.15) is 35.3 Å². The summed E-state index contributed by atoms with van der Waals surface area (Å²) in [5.41, 5.74) is 1.07. The molecule has 2 aromatic rings. The molecule has 0 aromatic carbocycles. The lowest BCUT2D eigenvalue weighted by molar-refractivity contribution is 0.553. The third kappa shape index (κ3) is 2.93. The topological polar surface area (TPSA) is 29.9 Å². The molecule has 0 fully saturated rings. The summed E-state index contributed by atoms with van der Waals surface area (Å²) in [6.07, 6.45) is 3.19. The third-order valence-corrected chi connectivity index (χ3v) is 3.98. The number of hydrogen-bond donors (Lipinski definition) is 1. The predicted octanol–water partition coefficient (Wildman–Crippen LogP) is 3.80. The maximum Gasteiger partial charge on any atom is 0.203 e. The predicted molar refractivity (Wildman–Crippen MR) is 78.6 cm³/mol. The van der Waals surface area contributed by atoms with Crippen molar-refractivity contribution in [2.75, 3.05) is 11.9 Å². The van der Waals surface area contributed by atoms with Crippen LogP contribution in [0, 0.1) is 13.8 Å². The van der Waals surface area contributed by atoms with Gasteiger partial charge in [-0.15, -0.1) is 11.3 Å². The van der Waals surface area contributed by atoms with E-state index in [0.29, 0.717) is 6.04 Å². The number of anilines is 1. The number of nitrogens with zero attached hydrogens (tertiary/aromatic N) is 2. The standard InChI is InChI=1S/C14H21N3S/c1-5-15-14-16-10(2)9-17(14)11(3)8-13-7-6-12(4)18-13/h6-7,9,11H,5,8H2,1-4H3,(H,15,16). The van der Waals surface area contributed by atoms with Crippen LogP contribution < -0.4 is 5.32 Å². The Morgan fingerprint density at radius 2 is 2.17 bits per heavy atom. The van der Waals surface area contributed by atoms with E-state index in [4.69, 9.17) is 0 Å². The average Bonchev–Trinajstić information content (AvgIpc) is 2.86. The molecule has 0 aliphatic heterocycles. The minimum absolute atomic E-state index is 0.429. The maximum atomic E-state index is 4.52. The van der Waals surface area contributed by atoms with Crippen molar-refractivity contribution in [2.24, 2.45) is 0 Å². The highest BCUT2D eigenvalue weighted by atomic mass is 32.1. The largest absolute Gasteiger partial charge is 0.356 e. The van der Waals surface area contributed by atoms with Gasteiger partial charge in [0, 0.05) is 35.0 Å². The molecule has 2 rings (SSSR count). The fourth-order valence-corrected chi connectivity index (χ4v) is 3.14. The first-order chi connectivity index (χ1) is 8.60. The molecule has 1 atom stereocenters. The molecule has 1 N–H and O–H groups in total. The number of thiophene rings is 1. The van der Waals surface area contributed by atoms with Crippen LogP contribution in [0.3, 0.4) is 0 Å². The van der Waals surface area contributed by atoms with E-state index in [9.17, 15) is 0 Å². The minimum atomic E-state index is 0.429. The number of rotatable bonds is 5. The van der Waals surface area contributed by atoms with Gasteiger partial charge in [-0.3, -0.25) is 0 Å². The molecule has 2 aromatic heterocycles. The van der Waals surface area contributed by atoms with Crippen molar-refractivity contribution in [2.45, 2.75) is 40.2 Å². The molecule has 0 spiro atoms. The zero-order valence-corrected chi connectivity index (χ0v) is 12.3. The molecule has 2 heterocycles. The van der Waals surface area contributed by atoms with Crippen LogP contribution in [0.15, 0.2) is 18.3 Å². The smallest absolute Gasteiger partial charge is 0.203 e. The number of imidazole rings is 1. The molecule has 0 aliphatic rings. The van der Waals surface area contributed by atoms with Gasteiger partial charge in [0.05, 0.1) is 5.69 Å². The Morgan fingerprint density at radius 1 is 1.39 bits per heavy atom. The summed E-state index contributed by atoms with van der Waals surface area (Å²) in [4.78, 5) is 7.34. The summed E-state index contributed by atoms with van der Waals surface area (Å²) in [5, 5.41) is 3.32. The quantitative estimate of drug-likeness (QED) is 0.889. The molecule has 98 valence electrons. The SMILES string of the molecule is CCNc1nc(C)cn1C(C)Cc1ccc(C)s1. The molecule has 18 heavy (non-hydrogen) atoms. The van der Waals surface area contributed by atoms with Gasteiger partial charge in [0.2, 0.25) is 5.95 Å². The molecular weight excluding hydrogens is 242 g/mol. The first-order valence-corrected chi connectivity index (χ1v) is 7.26. The Morgan fingerprint density at radius 3 is 2.78 bits per heavy atom. The van der Waals surface area contributed by atoms with E-state index in [2.05, 4.69) is 54.0 Å². The molecule has 0 amide bonds. The van der Waals surface area contributed by atoms with Gasteiger partial charge in [-0.05, 0) is 39.8 Å². The van der Waals surface area contributed by atoms with Crippen LogP contribution in [0.25, 0.3) is 0 Å². The van der Waals surface area contributed by atoms with Crippen molar-refractivity contribution >= 4 is 17.3 Å². The van der Waals surface area contributed by atoms with E-state index in [-0.39, 0.29) is 0 Å². The van der Waals surface area contributed by atoms with Crippen LogP contribution in [0.4, 0.5) is 5.95 Å². The lowest BCUT2D eigenvalue weighted by Gasteiger charge is -2.15. The fourth-order valence-electron chi connectivity index (χ4n) is 2.13. The first-order valence-electron chi connectivity index (χ1n) is 6.44. The number of nitrogens with one attached hydrogen (secondary N) is 1. The second-order valence-corrected chi connectivity index (χ2v) is 6.08. The monoisotopic (exact) mass is 263 g/mol. The maximum absolute atomic E-state index is 4.52. The van der Waals surface area contributed by atoms with Crippen LogP contribution in [-0.4, -0.2) is 16.1 Å². The Hall–Kier alpha value is -1.29. The Balaban J connectivity index is 2.14. The molecular formula is C14H21N3S. The van der Waals surface area contributed by atoms with Crippen molar-refractivity contribution < 1.29 is 0 Å². The van der Waals surface area contributed by atoms with Gasteiger partial charge >= 0.3 is 0 Å². The molecule has 0 saturated heterocycles. The molecule has 0 aliphatic carbocycles. The highest BCUT2D eigenvalue weighted by Crippen LogP contribution is 2.24. The lowest BCUT2D eigenvalue weighted by atomic mass is 10.2. The van der Waals surface area contributed by atoms with E-state index >= 15 is 0 Å². The number of aromatic nitrogens is 2. The van der Waals surface area contributed by atoms with E-state index in [1.165, 1.54) is 9.75 Å². The average molecular weight is 263 g/mol. The lowest BCUT2D eigenvalue weighted by Crippen LogP contribution is -2.11. The molecule has 0 saturated carbocycles. The van der Waals surface area contributed by atoms with E-state index < -0.39 is 0 Å². The van der Waals surface area contributed by atoms with Gasteiger partial charge in [0.25, 0.3) is 0 Å². The first kappa shape index (κ1) is 13.1. The number of hydrogen-bond acceptors (Lipinski definition) is 3. The second kappa shape index (κ2) is 5.57. The number of aryl methyl sites for hydroxylation is 2. The second-order valence-electron chi connectivity index (χ2n) is 4.71. The van der Waals surface area contributed by atoms with E-state index in [1.54, 1.807) is 0 Å². The van der Waals surface area contributed by atoms with Gasteiger partial charge in [-0.1, -0.05) is 0 Å². The van der Waals surface area contributed by atoms with E-state index in [0.717, 1.165) is 24.6 Å². The molecule has 1 unspecified atom stereocenters. The van der Waals surface area contributed by atoms with Crippen LogP contribution in [0.5, 0.6) is 0 Å². The van der Waals surface area contributed by atoms with Crippen molar-refractivity contribution in [1.82, 2.24) is 9.55 Å². The van der Waals surface area contributed by atoms with Crippen molar-refractivity contribution in [1.29, 1.82) is 0 Å². The van der Waals surface area contributed by atoms with Gasteiger partial charge in [0.1, 0.15) is 0 Å². The van der Waals surface area contributed by atoms with Crippen molar-refractivity contribution in [3.8, 4) is 0 Å². The van der Waals surface area contributed by atoms with Crippen LogP contribution in [-0.2, 0) is 6.42 Å². The summed E-state index contributed by atoms with van der Waals surface area (Å²) in [5.74, 6) is 0.982. The Kier molecular flexibility index (Phi) is 4.07.